The summed E-state index contributed by atoms with van der Waals surface area (Å²) in [5.74, 6) is 0.253. The second kappa shape index (κ2) is 9.14. The predicted octanol–water partition coefficient (Wildman–Crippen LogP) is 4.57. The van der Waals surface area contributed by atoms with Crippen molar-refractivity contribution in [3.8, 4) is 5.75 Å². The van der Waals surface area contributed by atoms with Crippen LogP contribution in [0.2, 0.25) is 0 Å². The van der Waals surface area contributed by atoms with E-state index >= 15 is 0 Å². The van der Waals surface area contributed by atoms with Gasteiger partial charge in [-0.05, 0) is 54.1 Å². The standard InChI is InChI=1S/C24H19FN2O3S/c1-30-19-12-6-16(7-13-19)14-27-23(29)20-4-2-3-5-21(20)26-24(27)31-15-22(28)17-8-10-18(25)11-9-17/h2-13H,14-15H2,1H3. The van der Waals surface area contributed by atoms with E-state index in [4.69, 9.17) is 4.74 Å². The first-order valence-electron chi connectivity index (χ1n) is 9.59. The minimum atomic E-state index is -0.395. The van der Waals surface area contributed by atoms with Crippen LogP contribution in [0.25, 0.3) is 10.9 Å². The van der Waals surface area contributed by atoms with Gasteiger partial charge in [0, 0.05) is 5.56 Å². The first-order chi connectivity index (χ1) is 15.0. The molecule has 3 aromatic carbocycles. The molecule has 4 aromatic rings. The number of ether oxygens (including phenoxy) is 1. The van der Waals surface area contributed by atoms with Crippen LogP contribution < -0.4 is 10.3 Å². The molecule has 0 aliphatic carbocycles. The van der Waals surface area contributed by atoms with Crippen LogP contribution in [-0.2, 0) is 6.54 Å². The Labute approximate surface area is 182 Å². The Morgan fingerprint density at radius 3 is 2.45 bits per heavy atom. The zero-order valence-electron chi connectivity index (χ0n) is 16.7. The molecule has 1 aromatic heterocycles. The number of fused-ring (bicyclic) bond motifs is 1. The maximum Gasteiger partial charge on any atom is 0.262 e. The van der Waals surface area contributed by atoms with Crippen molar-refractivity contribution in [2.24, 2.45) is 0 Å². The zero-order valence-corrected chi connectivity index (χ0v) is 17.6. The van der Waals surface area contributed by atoms with Crippen LogP contribution >= 0.6 is 11.8 Å². The number of rotatable bonds is 7. The molecule has 7 heteroatoms. The summed E-state index contributed by atoms with van der Waals surface area (Å²) in [5, 5.41) is 0.972. The molecule has 0 fully saturated rings. The van der Waals surface area contributed by atoms with Gasteiger partial charge in [0.25, 0.3) is 5.56 Å². The van der Waals surface area contributed by atoms with Gasteiger partial charge in [0.1, 0.15) is 11.6 Å². The van der Waals surface area contributed by atoms with Gasteiger partial charge in [0.2, 0.25) is 0 Å². The van der Waals surface area contributed by atoms with Gasteiger partial charge in [-0.15, -0.1) is 0 Å². The van der Waals surface area contributed by atoms with Crippen molar-refractivity contribution in [2.45, 2.75) is 11.7 Å². The van der Waals surface area contributed by atoms with E-state index in [1.165, 1.54) is 36.0 Å². The van der Waals surface area contributed by atoms with Crippen LogP contribution in [0.3, 0.4) is 0 Å². The SMILES string of the molecule is COc1ccc(Cn2c(SCC(=O)c3ccc(F)cc3)nc3ccccc3c2=O)cc1. The second-order valence-corrected chi connectivity index (χ2v) is 7.81. The fourth-order valence-electron chi connectivity index (χ4n) is 3.16. The van der Waals surface area contributed by atoms with Crippen LogP contribution in [0.15, 0.2) is 82.7 Å². The molecule has 0 N–H and O–H groups in total. The van der Waals surface area contributed by atoms with E-state index < -0.39 is 5.82 Å². The van der Waals surface area contributed by atoms with Crippen LogP contribution in [-0.4, -0.2) is 28.2 Å². The number of carbonyl (C=O) groups excluding carboxylic acids is 1. The third kappa shape index (κ3) is 4.67. The van der Waals surface area contributed by atoms with Crippen LogP contribution in [0.4, 0.5) is 4.39 Å². The largest absolute Gasteiger partial charge is 0.497 e. The molecule has 0 aliphatic heterocycles. The van der Waals surface area contributed by atoms with Crippen LogP contribution in [0, 0.1) is 5.82 Å². The Bertz CT molecular complexity index is 1290. The van der Waals surface area contributed by atoms with Gasteiger partial charge in [-0.25, -0.2) is 9.37 Å². The van der Waals surface area contributed by atoms with Crippen LogP contribution in [0.1, 0.15) is 15.9 Å². The predicted molar refractivity (Wildman–Crippen MR) is 120 cm³/mol. The lowest BCUT2D eigenvalue weighted by Crippen LogP contribution is -2.24. The number of aromatic nitrogens is 2. The number of hydrogen-bond acceptors (Lipinski definition) is 5. The van der Waals surface area contributed by atoms with Crippen molar-refractivity contribution in [2.75, 3.05) is 12.9 Å². The lowest BCUT2D eigenvalue weighted by Gasteiger charge is -2.13. The number of benzene rings is 3. The summed E-state index contributed by atoms with van der Waals surface area (Å²) in [7, 11) is 1.60. The van der Waals surface area contributed by atoms with Gasteiger partial charge in [0.05, 0.1) is 30.3 Å². The summed E-state index contributed by atoms with van der Waals surface area (Å²) in [6, 6.07) is 20.0. The van der Waals surface area contributed by atoms with E-state index in [0.29, 0.717) is 28.2 Å². The van der Waals surface area contributed by atoms with Gasteiger partial charge < -0.3 is 4.74 Å². The van der Waals surface area contributed by atoms with Gasteiger partial charge in [-0.3, -0.25) is 14.2 Å². The molecule has 156 valence electrons. The Kier molecular flexibility index (Phi) is 6.13. The maximum atomic E-state index is 13.2. The van der Waals surface area contributed by atoms with Crippen molar-refractivity contribution in [3.63, 3.8) is 0 Å². The summed E-state index contributed by atoms with van der Waals surface area (Å²) in [5.41, 5.74) is 1.73. The highest BCUT2D eigenvalue weighted by Crippen LogP contribution is 2.21. The summed E-state index contributed by atoms with van der Waals surface area (Å²) in [6.07, 6.45) is 0. The molecule has 0 spiro atoms. The molecule has 1 heterocycles. The van der Waals surface area contributed by atoms with E-state index in [0.717, 1.165) is 11.3 Å². The van der Waals surface area contributed by atoms with E-state index in [1.54, 1.807) is 29.9 Å². The molecular weight excluding hydrogens is 415 g/mol. The van der Waals surface area contributed by atoms with E-state index in [-0.39, 0.29) is 17.1 Å². The highest BCUT2D eigenvalue weighted by Gasteiger charge is 2.15. The fraction of sp³-hybridized carbons (Fsp3) is 0.125. The average Bonchev–Trinajstić information content (AvgIpc) is 2.80. The summed E-state index contributed by atoms with van der Waals surface area (Å²) in [4.78, 5) is 30.4. The topological polar surface area (TPSA) is 61.2 Å². The lowest BCUT2D eigenvalue weighted by molar-refractivity contribution is 0.102. The molecule has 0 aliphatic rings. The first-order valence-corrected chi connectivity index (χ1v) is 10.6. The molecule has 0 bridgehead atoms. The third-order valence-corrected chi connectivity index (χ3v) is 5.80. The number of methoxy groups -OCH3 is 1. The third-order valence-electron chi connectivity index (χ3n) is 4.82. The van der Waals surface area contributed by atoms with E-state index in [1.807, 2.05) is 30.3 Å². The van der Waals surface area contributed by atoms with E-state index in [2.05, 4.69) is 4.98 Å². The average molecular weight is 434 g/mol. The molecule has 5 nitrogen and oxygen atoms in total. The molecule has 0 radical (unpaired) electrons. The molecule has 0 saturated carbocycles. The summed E-state index contributed by atoms with van der Waals surface area (Å²) < 4.78 is 19.9. The Hall–Kier alpha value is -3.45. The van der Waals surface area contributed by atoms with E-state index in [9.17, 15) is 14.0 Å². The lowest BCUT2D eigenvalue weighted by atomic mass is 10.1. The first kappa shape index (κ1) is 20.8. The number of halogens is 1. The summed E-state index contributed by atoms with van der Waals surface area (Å²) in [6.45, 7) is 0.313. The Morgan fingerprint density at radius 2 is 1.74 bits per heavy atom. The minimum absolute atomic E-state index is 0.0824. The number of carbonyl (C=O) groups is 1. The number of Topliss-reactive ketones (excluding diaryl/α,β-unsaturated/α-hetero) is 1. The van der Waals surface area contributed by atoms with Gasteiger partial charge in [-0.2, -0.15) is 0 Å². The van der Waals surface area contributed by atoms with Crippen molar-refractivity contribution < 1.29 is 13.9 Å². The summed E-state index contributed by atoms with van der Waals surface area (Å²) >= 11 is 1.19. The number of ketones is 1. The highest BCUT2D eigenvalue weighted by atomic mass is 32.2. The minimum Gasteiger partial charge on any atom is -0.497 e. The van der Waals surface area contributed by atoms with Crippen LogP contribution in [0.5, 0.6) is 5.75 Å². The fourth-order valence-corrected chi connectivity index (χ4v) is 4.05. The molecule has 0 atom stereocenters. The molecular formula is C24H19FN2O3S. The second-order valence-electron chi connectivity index (χ2n) is 6.87. The molecule has 0 unspecified atom stereocenters. The highest BCUT2D eigenvalue weighted by molar-refractivity contribution is 7.99. The Morgan fingerprint density at radius 1 is 1.03 bits per heavy atom. The van der Waals surface area contributed by atoms with Crippen molar-refractivity contribution >= 4 is 28.4 Å². The molecule has 31 heavy (non-hydrogen) atoms. The normalized spacial score (nSPS) is 10.9. The number of hydrogen-bond donors (Lipinski definition) is 0. The van der Waals surface area contributed by atoms with Crippen molar-refractivity contribution in [1.29, 1.82) is 0 Å². The maximum absolute atomic E-state index is 13.2. The number of nitrogens with zero attached hydrogens (tertiary/aromatic N) is 2. The quantitative estimate of drug-likeness (QED) is 0.242. The van der Waals surface area contributed by atoms with Crippen molar-refractivity contribution in [3.05, 3.63) is 100 Å². The van der Waals surface area contributed by atoms with Crippen molar-refractivity contribution in [1.82, 2.24) is 9.55 Å². The number of thioether (sulfide) groups is 1. The molecule has 0 saturated heterocycles. The monoisotopic (exact) mass is 434 g/mol. The number of para-hydroxylation sites is 1. The van der Waals surface area contributed by atoms with Gasteiger partial charge in [0.15, 0.2) is 10.9 Å². The van der Waals surface area contributed by atoms with Gasteiger partial charge in [-0.1, -0.05) is 36.0 Å². The zero-order chi connectivity index (χ0) is 21.8. The smallest absolute Gasteiger partial charge is 0.262 e. The van der Waals surface area contributed by atoms with Gasteiger partial charge >= 0.3 is 0 Å². The molecule has 4 rings (SSSR count). The molecule has 0 amide bonds. The Balaban J connectivity index is 1.66.